The number of nitro benzene ring substituents is 1. The van der Waals surface area contributed by atoms with E-state index in [0.717, 1.165) is 12.8 Å². The SMILES string of the molecule is CCCCCCCCCCCCCCCCCCOc1ccccc1[N+](=O)[O-]. The largest absolute Gasteiger partial charge is 0.487 e. The molecule has 28 heavy (non-hydrogen) atoms. The Morgan fingerprint density at radius 2 is 1.14 bits per heavy atom. The van der Waals surface area contributed by atoms with Gasteiger partial charge in [-0.25, -0.2) is 0 Å². The number of rotatable bonds is 19. The maximum absolute atomic E-state index is 10.9. The van der Waals surface area contributed by atoms with Gasteiger partial charge in [0.15, 0.2) is 5.75 Å². The molecule has 0 bridgehead atoms. The molecule has 0 aromatic heterocycles. The summed E-state index contributed by atoms with van der Waals surface area (Å²) in [6, 6.07) is 6.60. The van der Waals surface area contributed by atoms with Crippen molar-refractivity contribution in [3.63, 3.8) is 0 Å². The Hall–Kier alpha value is -1.58. The van der Waals surface area contributed by atoms with Crippen molar-refractivity contribution in [2.24, 2.45) is 0 Å². The number of para-hydroxylation sites is 2. The highest BCUT2D eigenvalue weighted by Crippen LogP contribution is 2.26. The maximum Gasteiger partial charge on any atom is 0.310 e. The third-order valence-electron chi connectivity index (χ3n) is 5.32. The molecule has 4 heteroatoms. The molecule has 0 aliphatic carbocycles. The Kier molecular flexibility index (Phi) is 15.3. The molecule has 1 aromatic rings. The minimum absolute atomic E-state index is 0.0546. The first kappa shape index (κ1) is 24.5. The molecule has 0 aliphatic heterocycles. The standard InChI is InChI=1S/C24H41NO3/c1-2-3-4-5-6-7-8-9-10-11-12-13-14-15-16-19-22-28-24-21-18-17-20-23(24)25(26)27/h17-18,20-21H,2-16,19,22H2,1H3. The van der Waals surface area contributed by atoms with Gasteiger partial charge in [-0.1, -0.05) is 115 Å². The fourth-order valence-electron chi connectivity index (χ4n) is 3.56. The number of ether oxygens (including phenoxy) is 1. The van der Waals surface area contributed by atoms with Crippen molar-refractivity contribution in [1.29, 1.82) is 0 Å². The van der Waals surface area contributed by atoms with Crippen LogP contribution in [0.1, 0.15) is 110 Å². The Morgan fingerprint density at radius 1 is 0.714 bits per heavy atom. The summed E-state index contributed by atoms with van der Waals surface area (Å²) in [5, 5.41) is 10.9. The molecule has 0 unspecified atom stereocenters. The van der Waals surface area contributed by atoms with Crippen molar-refractivity contribution in [3.05, 3.63) is 34.4 Å². The van der Waals surface area contributed by atoms with Gasteiger partial charge in [0.2, 0.25) is 0 Å². The topological polar surface area (TPSA) is 52.4 Å². The number of hydrogen-bond donors (Lipinski definition) is 0. The molecule has 0 saturated carbocycles. The van der Waals surface area contributed by atoms with Gasteiger partial charge in [0.25, 0.3) is 0 Å². The van der Waals surface area contributed by atoms with Crippen LogP contribution in [0.25, 0.3) is 0 Å². The van der Waals surface area contributed by atoms with Gasteiger partial charge < -0.3 is 4.74 Å². The Balaban J connectivity index is 1.83. The Morgan fingerprint density at radius 3 is 1.61 bits per heavy atom. The van der Waals surface area contributed by atoms with Gasteiger partial charge in [0.05, 0.1) is 11.5 Å². The maximum atomic E-state index is 10.9. The van der Waals surface area contributed by atoms with E-state index in [0.29, 0.717) is 12.4 Å². The third-order valence-corrected chi connectivity index (χ3v) is 5.32. The number of nitrogens with zero attached hydrogens (tertiary/aromatic N) is 1. The molecular weight excluding hydrogens is 350 g/mol. The molecule has 0 aliphatic rings. The summed E-state index contributed by atoms with van der Waals surface area (Å²) >= 11 is 0. The lowest BCUT2D eigenvalue weighted by molar-refractivity contribution is -0.385. The van der Waals surface area contributed by atoms with Crippen LogP contribution < -0.4 is 4.74 Å². The van der Waals surface area contributed by atoms with Gasteiger partial charge in [0.1, 0.15) is 0 Å². The number of nitro groups is 1. The van der Waals surface area contributed by atoms with E-state index in [2.05, 4.69) is 6.92 Å². The van der Waals surface area contributed by atoms with Gasteiger partial charge in [-0.2, -0.15) is 0 Å². The number of hydrogen-bond acceptors (Lipinski definition) is 3. The van der Waals surface area contributed by atoms with Crippen molar-refractivity contribution in [2.45, 2.75) is 110 Å². The molecule has 0 radical (unpaired) electrons. The summed E-state index contributed by atoms with van der Waals surface area (Å²) in [6.07, 6.45) is 21.4. The van der Waals surface area contributed by atoms with E-state index < -0.39 is 0 Å². The minimum Gasteiger partial charge on any atom is -0.487 e. The summed E-state index contributed by atoms with van der Waals surface area (Å²) in [7, 11) is 0. The zero-order valence-electron chi connectivity index (χ0n) is 18.0. The van der Waals surface area contributed by atoms with Crippen LogP contribution in [-0.4, -0.2) is 11.5 Å². The van der Waals surface area contributed by atoms with Crippen LogP contribution in [-0.2, 0) is 0 Å². The minimum atomic E-state index is -0.386. The molecule has 0 atom stereocenters. The second-order valence-corrected chi connectivity index (χ2v) is 7.88. The van der Waals surface area contributed by atoms with E-state index >= 15 is 0 Å². The monoisotopic (exact) mass is 391 g/mol. The fraction of sp³-hybridized carbons (Fsp3) is 0.750. The first-order chi connectivity index (χ1) is 13.8. The lowest BCUT2D eigenvalue weighted by Gasteiger charge is -2.06. The van der Waals surface area contributed by atoms with Crippen LogP contribution in [0, 0.1) is 10.1 Å². The lowest BCUT2D eigenvalue weighted by Crippen LogP contribution is -2.00. The molecule has 160 valence electrons. The van der Waals surface area contributed by atoms with Gasteiger partial charge in [-0.3, -0.25) is 10.1 Å². The molecule has 0 saturated heterocycles. The zero-order valence-corrected chi connectivity index (χ0v) is 18.0. The van der Waals surface area contributed by atoms with Crippen molar-refractivity contribution >= 4 is 5.69 Å². The molecule has 1 rings (SSSR count). The van der Waals surface area contributed by atoms with E-state index in [1.54, 1.807) is 18.2 Å². The lowest BCUT2D eigenvalue weighted by atomic mass is 10.0. The molecule has 4 nitrogen and oxygen atoms in total. The van der Waals surface area contributed by atoms with Crippen molar-refractivity contribution in [1.82, 2.24) is 0 Å². The van der Waals surface area contributed by atoms with Crippen LogP contribution in [0.2, 0.25) is 0 Å². The summed E-state index contributed by atoms with van der Waals surface area (Å²) in [4.78, 5) is 10.5. The van der Waals surface area contributed by atoms with Crippen molar-refractivity contribution < 1.29 is 9.66 Å². The average Bonchev–Trinajstić information content (AvgIpc) is 2.70. The van der Waals surface area contributed by atoms with E-state index in [9.17, 15) is 10.1 Å². The fourth-order valence-corrected chi connectivity index (χ4v) is 3.56. The molecule has 0 N–H and O–H groups in total. The molecule has 0 amide bonds. The van der Waals surface area contributed by atoms with Crippen molar-refractivity contribution in [2.75, 3.05) is 6.61 Å². The number of unbranched alkanes of at least 4 members (excludes halogenated alkanes) is 15. The van der Waals surface area contributed by atoms with Gasteiger partial charge >= 0.3 is 5.69 Å². The van der Waals surface area contributed by atoms with Gasteiger partial charge in [0, 0.05) is 6.07 Å². The van der Waals surface area contributed by atoms with Crippen LogP contribution in [0.3, 0.4) is 0 Å². The summed E-state index contributed by atoms with van der Waals surface area (Å²) in [5.41, 5.74) is 0.0546. The van der Waals surface area contributed by atoms with Gasteiger partial charge in [-0.15, -0.1) is 0 Å². The first-order valence-electron chi connectivity index (χ1n) is 11.6. The predicted octanol–water partition coefficient (Wildman–Crippen LogP) is 8.24. The van der Waals surface area contributed by atoms with Crippen molar-refractivity contribution in [3.8, 4) is 5.75 Å². The molecule has 0 heterocycles. The van der Waals surface area contributed by atoms with E-state index in [-0.39, 0.29) is 10.6 Å². The van der Waals surface area contributed by atoms with Crippen LogP contribution in [0.15, 0.2) is 24.3 Å². The van der Waals surface area contributed by atoms with E-state index in [4.69, 9.17) is 4.74 Å². The average molecular weight is 392 g/mol. The van der Waals surface area contributed by atoms with E-state index in [1.165, 1.54) is 96.0 Å². The second-order valence-electron chi connectivity index (χ2n) is 7.88. The quantitative estimate of drug-likeness (QED) is 0.135. The highest BCUT2D eigenvalue weighted by Gasteiger charge is 2.12. The molecule has 1 aromatic carbocycles. The summed E-state index contributed by atoms with van der Waals surface area (Å²) in [5.74, 6) is 0.383. The van der Waals surface area contributed by atoms with Gasteiger partial charge in [-0.05, 0) is 12.5 Å². The van der Waals surface area contributed by atoms with Crippen LogP contribution in [0.4, 0.5) is 5.69 Å². The predicted molar refractivity (Wildman–Crippen MR) is 118 cm³/mol. The first-order valence-corrected chi connectivity index (χ1v) is 11.6. The smallest absolute Gasteiger partial charge is 0.310 e. The Bertz CT molecular complexity index is 504. The molecule has 0 spiro atoms. The summed E-state index contributed by atoms with van der Waals surface area (Å²) < 4.78 is 5.58. The van der Waals surface area contributed by atoms with Crippen LogP contribution in [0.5, 0.6) is 5.75 Å². The highest BCUT2D eigenvalue weighted by molar-refractivity contribution is 5.45. The molecular formula is C24H41NO3. The zero-order chi connectivity index (χ0) is 20.3. The normalized spacial score (nSPS) is 10.9. The highest BCUT2D eigenvalue weighted by atomic mass is 16.6. The second kappa shape index (κ2) is 17.5. The third kappa shape index (κ3) is 12.7. The van der Waals surface area contributed by atoms with E-state index in [1.807, 2.05) is 0 Å². The van der Waals surface area contributed by atoms with Crippen LogP contribution >= 0.6 is 0 Å². The summed E-state index contributed by atoms with van der Waals surface area (Å²) in [6.45, 7) is 2.83. The molecule has 0 fully saturated rings. The Labute approximate surface area is 172 Å². The number of benzene rings is 1.